The number of hydrogen-bond donors (Lipinski definition) is 1. The Hall–Kier alpha value is -1.33. The number of rotatable bonds is 1. The van der Waals surface area contributed by atoms with Crippen molar-refractivity contribution in [1.29, 1.82) is 0 Å². The summed E-state index contributed by atoms with van der Waals surface area (Å²) in [5.41, 5.74) is 1.11. The van der Waals surface area contributed by atoms with Crippen molar-refractivity contribution in [3.63, 3.8) is 0 Å². The van der Waals surface area contributed by atoms with Gasteiger partial charge in [0.15, 0.2) is 5.58 Å². The van der Waals surface area contributed by atoms with Crippen LogP contribution in [-0.2, 0) is 0 Å². The second-order valence-electron chi connectivity index (χ2n) is 3.51. The van der Waals surface area contributed by atoms with Crippen LogP contribution in [0.1, 0.15) is 0 Å². The maximum atomic E-state index is 9.15. The Balaban J connectivity index is 1.99. The molecular weight excluding hydrogens is 218 g/mol. The monoisotopic (exact) mass is 225 g/mol. The van der Waals surface area contributed by atoms with E-state index in [9.17, 15) is 0 Å². The zero-order valence-corrected chi connectivity index (χ0v) is 8.48. The summed E-state index contributed by atoms with van der Waals surface area (Å²) in [6.07, 6.45) is -0.281. The van der Waals surface area contributed by atoms with E-state index in [0.717, 1.165) is 0 Å². The summed E-state index contributed by atoms with van der Waals surface area (Å²) in [6, 6.07) is 3.88. The fourth-order valence-corrected chi connectivity index (χ4v) is 1.67. The zero-order chi connectivity index (χ0) is 10.4. The zero-order valence-electron chi connectivity index (χ0n) is 7.72. The SMILES string of the molecule is OC1CN(c2nc3nc(Cl)ccc3o2)C1. The van der Waals surface area contributed by atoms with Crippen molar-refractivity contribution in [3.8, 4) is 0 Å². The molecule has 1 N–H and O–H groups in total. The molecule has 15 heavy (non-hydrogen) atoms. The van der Waals surface area contributed by atoms with Crippen LogP contribution in [0.5, 0.6) is 0 Å². The average molecular weight is 226 g/mol. The van der Waals surface area contributed by atoms with Crippen LogP contribution in [0.15, 0.2) is 16.5 Å². The van der Waals surface area contributed by atoms with Gasteiger partial charge in [0.05, 0.1) is 19.2 Å². The van der Waals surface area contributed by atoms with Crippen molar-refractivity contribution in [2.75, 3.05) is 18.0 Å². The second kappa shape index (κ2) is 3.08. The molecule has 78 valence electrons. The van der Waals surface area contributed by atoms with E-state index >= 15 is 0 Å². The summed E-state index contributed by atoms with van der Waals surface area (Å²) >= 11 is 5.73. The highest BCUT2D eigenvalue weighted by Crippen LogP contribution is 2.25. The van der Waals surface area contributed by atoms with Crippen molar-refractivity contribution in [2.24, 2.45) is 0 Å². The Morgan fingerprint density at radius 1 is 1.40 bits per heavy atom. The molecule has 5 nitrogen and oxygen atoms in total. The maximum absolute atomic E-state index is 9.15. The molecule has 0 bridgehead atoms. The molecule has 2 aromatic rings. The van der Waals surface area contributed by atoms with E-state index in [1.54, 1.807) is 12.1 Å². The van der Waals surface area contributed by atoms with Crippen molar-refractivity contribution in [1.82, 2.24) is 9.97 Å². The molecule has 1 aliphatic heterocycles. The first-order valence-electron chi connectivity index (χ1n) is 4.58. The average Bonchev–Trinajstić information content (AvgIpc) is 2.55. The number of hydrogen-bond acceptors (Lipinski definition) is 5. The Labute approximate surface area is 90.3 Å². The predicted octanol–water partition coefficient (Wildman–Crippen LogP) is 1.06. The van der Waals surface area contributed by atoms with Crippen LogP contribution in [0.4, 0.5) is 6.01 Å². The highest BCUT2D eigenvalue weighted by atomic mass is 35.5. The topological polar surface area (TPSA) is 62.4 Å². The lowest BCUT2D eigenvalue weighted by Gasteiger charge is -2.34. The summed E-state index contributed by atoms with van der Waals surface area (Å²) in [5.74, 6) is 0. The summed E-state index contributed by atoms with van der Waals surface area (Å²) < 4.78 is 5.46. The lowest BCUT2D eigenvalue weighted by Crippen LogP contribution is -2.51. The Kier molecular flexibility index (Phi) is 1.83. The summed E-state index contributed by atoms with van der Waals surface area (Å²) in [7, 11) is 0. The third kappa shape index (κ3) is 1.44. The van der Waals surface area contributed by atoms with Gasteiger partial charge in [0, 0.05) is 0 Å². The number of pyridine rings is 1. The number of β-amino-alcohol motifs (C(OH)–C–C–N with tert-alkyl or cyclic N) is 1. The van der Waals surface area contributed by atoms with Crippen LogP contribution in [-0.4, -0.2) is 34.3 Å². The predicted molar refractivity (Wildman–Crippen MR) is 55.0 cm³/mol. The van der Waals surface area contributed by atoms with Gasteiger partial charge in [0.25, 0.3) is 6.01 Å². The first-order chi connectivity index (χ1) is 7.22. The molecule has 3 heterocycles. The van der Waals surface area contributed by atoms with E-state index < -0.39 is 0 Å². The van der Waals surface area contributed by atoms with Gasteiger partial charge in [-0.1, -0.05) is 11.6 Å². The Morgan fingerprint density at radius 3 is 2.93 bits per heavy atom. The minimum atomic E-state index is -0.281. The highest BCUT2D eigenvalue weighted by Gasteiger charge is 2.28. The van der Waals surface area contributed by atoms with Crippen LogP contribution < -0.4 is 4.90 Å². The second-order valence-corrected chi connectivity index (χ2v) is 3.90. The molecule has 0 saturated carbocycles. The molecule has 3 rings (SSSR count). The molecule has 1 saturated heterocycles. The van der Waals surface area contributed by atoms with Crippen LogP contribution in [0.2, 0.25) is 5.15 Å². The molecule has 6 heteroatoms. The Morgan fingerprint density at radius 2 is 2.20 bits per heavy atom. The standard InChI is InChI=1S/C9H8ClN3O2/c10-7-2-1-6-8(11-7)12-9(15-6)13-3-5(14)4-13/h1-2,5,14H,3-4H2. The number of aliphatic hydroxyl groups is 1. The van der Waals surface area contributed by atoms with E-state index in [1.807, 2.05) is 4.90 Å². The van der Waals surface area contributed by atoms with E-state index in [4.69, 9.17) is 21.1 Å². The van der Waals surface area contributed by atoms with Crippen LogP contribution in [0.25, 0.3) is 11.2 Å². The summed E-state index contributed by atoms with van der Waals surface area (Å²) in [5, 5.41) is 9.55. The van der Waals surface area contributed by atoms with Crippen molar-refractivity contribution in [3.05, 3.63) is 17.3 Å². The normalized spacial score (nSPS) is 17.1. The smallest absolute Gasteiger partial charge is 0.300 e. The van der Waals surface area contributed by atoms with Crippen molar-refractivity contribution < 1.29 is 9.52 Å². The van der Waals surface area contributed by atoms with E-state index in [1.165, 1.54) is 0 Å². The van der Waals surface area contributed by atoms with Gasteiger partial charge in [-0.25, -0.2) is 4.98 Å². The van der Waals surface area contributed by atoms with Gasteiger partial charge in [-0.05, 0) is 12.1 Å². The van der Waals surface area contributed by atoms with Crippen molar-refractivity contribution >= 4 is 28.8 Å². The quantitative estimate of drug-likeness (QED) is 0.736. The molecule has 0 unspecified atom stereocenters. The van der Waals surface area contributed by atoms with Crippen LogP contribution >= 0.6 is 11.6 Å². The number of fused-ring (bicyclic) bond motifs is 1. The minimum Gasteiger partial charge on any atom is -0.422 e. The number of oxazole rings is 1. The van der Waals surface area contributed by atoms with Gasteiger partial charge in [-0.3, -0.25) is 0 Å². The van der Waals surface area contributed by atoms with Gasteiger partial charge in [0.2, 0.25) is 5.65 Å². The molecule has 0 spiro atoms. The molecular formula is C9H8ClN3O2. The molecule has 2 aromatic heterocycles. The number of nitrogens with zero attached hydrogens (tertiary/aromatic N) is 3. The number of aliphatic hydroxyl groups excluding tert-OH is 1. The minimum absolute atomic E-state index is 0.281. The first-order valence-corrected chi connectivity index (χ1v) is 4.96. The summed E-state index contributed by atoms with van der Waals surface area (Å²) in [6.45, 7) is 1.11. The molecule has 0 radical (unpaired) electrons. The highest BCUT2D eigenvalue weighted by molar-refractivity contribution is 6.29. The molecule has 0 atom stereocenters. The maximum Gasteiger partial charge on any atom is 0.300 e. The molecule has 0 aromatic carbocycles. The van der Waals surface area contributed by atoms with Gasteiger partial charge < -0.3 is 14.4 Å². The number of anilines is 1. The van der Waals surface area contributed by atoms with Gasteiger partial charge >= 0.3 is 0 Å². The Bertz CT molecular complexity index is 507. The summed E-state index contributed by atoms with van der Waals surface area (Å²) in [4.78, 5) is 10.1. The largest absolute Gasteiger partial charge is 0.422 e. The van der Waals surface area contributed by atoms with Crippen LogP contribution in [0, 0.1) is 0 Å². The number of halogens is 1. The fourth-order valence-electron chi connectivity index (χ4n) is 1.53. The third-order valence-electron chi connectivity index (χ3n) is 2.34. The number of aromatic nitrogens is 2. The van der Waals surface area contributed by atoms with Gasteiger partial charge in [-0.2, -0.15) is 4.98 Å². The van der Waals surface area contributed by atoms with Crippen molar-refractivity contribution in [2.45, 2.75) is 6.10 Å². The molecule has 0 amide bonds. The van der Waals surface area contributed by atoms with E-state index in [2.05, 4.69) is 9.97 Å². The molecule has 0 aliphatic carbocycles. The van der Waals surface area contributed by atoms with E-state index in [-0.39, 0.29) is 6.10 Å². The van der Waals surface area contributed by atoms with Gasteiger partial charge in [0.1, 0.15) is 5.15 Å². The fraction of sp³-hybridized carbons (Fsp3) is 0.333. The van der Waals surface area contributed by atoms with Gasteiger partial charge in [-0.15, -0.1) is 0 Å². The first kappa shape index (κ1) is 8.94. The third-order valence-corrected chi connectivity index (χ3v) is 2.55. The lowest BCUT2D eigenvalue weighted by molar-refractivity contribution is 0.137. The lowest BCUT2D eigenvalue weighted by atomic mass is 10.2. The molecule has 1 aliphatic rings. The van der Waals surface area contributed by atoms with E-state index in [0.29, 0.717) is 35.5 Å². The molecule has 1 fully saturated rings. The van der Waals surface area contributed by atoms with Crippen LogP contribution in [0.3, 0.4) is 0 Å².